The number of piperazine rings is 1. The Hall–Kier alpha value is -3.98. The van der Waals surface area contributed by atoms with Crippen LogP contribution in [0.1, 0.15) is 38.3 Å². The lowest BCUT2D eigenvalue weighted by molar-refractivity contribution is 0.233. The van der Waals surface area contributed by atoms with Crippen LogP contribution in [0.25, 0.3) is 16.6 Å². The lowest BCUT2D eigenvalue weighted by Crippen LogP contribution is -2.46. The highest BCUT2D eigenvalue weighted by Crippen LogP contribution is 2.36. The first kappa shape index (κ1) is 31.4. The average molecular weight is 614 g/mol. The van der Waals surface area contributed by atoms with Crippen molar-refractivity contribution in [3.8, 4) is 28.8 Å². The minimum atomic E-state index is -1.78. The van der Waals surface area contributed by atoms with Gasteiger partial charge in [-0.15, -0.1) is 0 Å². The molecule has 0 spiro atoms. The van der Waals surface area contributed by atoms with Crippen LogP contribution in [0, 0.1) is 11.3 Å². The number of ether oxygens (including phenoxy) is 2. The van der Waals surface area contributed by atoms with E-state index in [2.05, 4.69) is 78.0 Å². The van der Waals surface area contributed by atoms with Gasteiger partial charge in [-0.25, -0.2) is 14.5 Å². The fourth-order valence-corrected chi connectivity index (χ4v) is 6.11. The molecule has 0 saturated carbocycles. The molecule has 232 valence electrons. The first-order valence-corrected chi connectivity index (χ1v) is 18.1. The summed E-state index contributed by atoms with van der Waals surface area (Å²) in [5.41, 5.74) is 4.22. The SMILES string of the molecule is COc1ccc(CN2CCN(c3ccc(-c4cc(OCCCO[Si](C)(C)C(C)(C)C)cn5ncc(C#N)c45)cn3)CC2)cn1. The molecule has 0 aliphatic carbocycles. The second-order valence-corrected chi connectivity index (χ2v) is 17.5. The number of hydrogen-bond donors (Lipinski definition) is 0. The van der Waals surface area contributed by atoms with Crippen molar-refractivity contribution in [1.29, 1.82) is 5.26 Å². The summed E-state index contributed by atoms with van der Waals surface area (Å²) >= 11 is 0. The van der Waals surface area contributed by atoms with E-state index in [4.69, 9.17) is 18.9 Å². The van der Waals surface area contributed by atoms with E-state index in [0.29, 0.717) is 30.4 Å². The van der Waals surface area contributed by atoms with Crippen LogP contribution in [0.4, 0.5) is 5.82 Å². The third-order valence-corrected chi connectivity index (χ3v) is 13.2. The minimum absolute atomic E-state index is 0.181. The molecule has 44 heavy (non-hydrogen) atoms. The molecule has 11 heteroatoms. The molecule has 4 aromatic heterocycles. The second-order valence-electron chi connectivity index (χ2n) is 12.7. The zero-order valence-corrected chi connectivity index (χ0v) is 27.7. The molecule has 1 aliphatic heterocycles. The standard InChI is InChI=1S/C33H43N7O3Si/c1-33(2,3)44(5,6)43-17-7-16-42-28-18-29(32-27(19-34)22-37-40(32)24-28)26-9-10-30(35-21-26)39-14-12-38(13-15-39)23-25-8-11-31(41-4)36-20-25/h8-11,18,20-22,24H,7,12-17,23H2,1-6H3. The summed E-state index contributed by atoms with van der Waals surface area (Å²) in [6, 6.07) is 12.4. The van der Waals surface area contributed by atoms with Gasteiger partial charge in [-0.05, 0) is 41.9 Å². The predicted molar refractivity (Wildman–Crippen MR) is 175 cm³/mol. The van der Waals surface area contributed by atoms with Gasteiger partial charge >= 0.3 is 0 Å². The molecule has 5 rings (SSSR count). The highest BCUT2D eigenvalue weighted by atomic mass is 28.4. The van der Waals surface area contributed by atoms with E-state index >= 15 is 0 Å². The van der Waals surface area contributed by atoms with E-state index in [1.165, 1.54) is 5.56 Å². The van der Waals surface area contributed by atoms with Crippen LogP contribution in [0.3, 0.4) is 0 Å². The molecule has 0 radical (unpaired) electrons. The van der Waals surface area contributed by atoms with Crippen LogP contribution in [0.15, 0.2) is 55.1 Å². The highest BCUT2D eigenvalue weighted by Gasteiger charge is 2.36. The summed E-state index contributed by atoms with van der Waals surface area (Å²) in [7, 11) is -0.155. The maximum absolute atomic E-state index is 9.76. The number of aromatic nitrogens is 4. The number of methoxy groups -OCH3 is 1. The van der Waals surface area contributed by atoms with Crippen molar-refractivity contribution >= 4 is 19.7 Å². The van der Waals surface area contributed by atoms with Crippen LogP contribution in [-0.4, -0.2) is 79.3 Å². The molecular formula is C33H43N7O3Si. The van der Waals surface area contributed by atoms with Crippen molar-refractivity contribution < 1.29 is 13.9 Å². The van der Waals surface area contributed by atoms with E-state index in [1.807, 2.05) is 30.7 Å². The lowest BCUT2D eigenvalue weighted by atomic mass is 10.1. The summed E-state index contributed by atoms with van der Waals surface area (Å²) in [6.45, 7) is 17.0. The summed E-state index contributed by atoms with van der Waals surface area (Å²) in [4.78, 5) is 13.9. The highest BCUT2D eigenvalue weighted by molar-refractivity contribution is 6.74. The van der Waals surface area contributed by atoms with Gasteiger partial charge in [-0.3, -0.25) is 4.90 Å². The van der Waals surface area contributed by atoms with Crippen LogP contribution >= 0.6 is 0 Å². The smallest absolute Gasteiger partial charge is 0.212 e. The fourth-order valence-electron chi connectivity index (χ4n) is 5.02. The molecular weight excluding hydrogens is 570 g/mol. The quantitative estimate of drug-likeness (QED) is 0.154. The van der Waals surface area contributed by atoms with Crippen molar-refractivity contribution in [2.24, 2.45) is 0 Å². The van der Waals surface area contributed by atoms with Crippen molar-refractivity contribution in [3.05, 3.63) is 66.2 Å². The van der Waals surface area contributed by atoms with Gasteiger partial charge in [-0.2, -0.15) is 10.4 Å². The Labute approximate surface area is 261 Å². The third kappa shape index (κ3) is 7.21. The molecule has 4 aromatic rings. The van der Waals surface area contributed by atoms with E-state index in [-0.39, 0.29) is 5.04 Å². The third-order valence-electron chi connectivity index (χ3n) is 8.70. The molecule has 1 saturated heterocycles. The van der Waals surface area contributed by atoms with E-state index in [1.54, 1.807) is 17.8 Å². The molecule has 0 atom stereocenters. The van der Waals surface area contributed by atoms with Gasteiger partial charge in [0.05, 0.1) is 37.2 Å². The number of rotatable bonds is 11. The minimum Gasteiger partial charge on any atom is -0.492 e. The number of fused-ring (bicyclic) bond motifs is 1. The molecule has 5 heterocycles. The zero-order chi connectivity index (χ0) is 31.3. The number of nitrogens with zero attached hydrogens (tertiary/aromatic N) is 7. The fraction of sp³-hybridized carbons (Fsp3) is 0.455. The van der Waals surface area contributed by atoms with E-state index in [9.17, 15) is 5.26 Å². The van der Waals surface area contributed by atoms with E-state index in [0.717, 1.165) is 61.6 Å². The maximum Gasteiger partial charge on any atom is 0.212 e. The topological polar surface area (TPSA) is 101 Å². The van der Waals surface area contributed by atoms with Gasteiger partial charge in [0.15, 0.2) is 8.32 Å². The first-order valence-electron chi connectivity index (χ1n) is 15.2. The molecule has 1 aliphatic rings. The Morgan fingerprint density at radius 2 is 1.77 bits per heavy atom. The van der Waals surface area contributed by atoms with Gasteiger partial charge < -0.3 is 18.8 Å². The Bertz CT molecular complexity index is 1580. The summed E-state index contributed by atoms with van der Waals surface area (Å²) in [5.74, 6) is 2.27. The molecule has 10 nitrogen and oxygen atoms in total. The van der Waals surface area contributed by atoms with Crippen LogP contribution in [0.5, 0.6) is 11.6 Å². The van der Waals surface area contributed by atoms with Gasteiger partial charge in [-0.1, -0.05) is 26.8 Å². The molecule has 0 aromatic carbocycles. The van der Waals surface area contributed by atoms with Gasteiger partial charge in [0.1, 0.15) is 17.6 Å². The first-order chi connectivity index (χ1) is 21.1. The van der Waals surface area contributed by atoms with Crippen LogP contribution in [0.2, 0.25) is 18.1 Å². The Morgan fingerprint density at radius 1 is 0.977 bits per heavy atom. The van der Waals surface area contributed by atoms with Gasteiger partial charge in [0.2, 0.25) is 5.88 Å². The summed E-state index contributed by atoms with van der Waals surface area (Å²) in [6.07, 6.45) is 7.98. The summed E-state index contributed by atoms with van der Waals surface area (Å²) in [5, 5.41) is 14.4. The van der Waals surface area contributed by atoms with Crippen LogP contribution in [-0.2, 0) is 11.0 Å². The van der Waals surface area contributed by atoms with Crippen LogP contribution < -0.4 is 14.4 Å². The molecule has 0 amide bonds. The maximum atomic E-state index is 9.76. The number of hydrogen-bond acceptors (Lipinski definition) is 9. The predicted octanol–water partition coefficient (Wildman–Crippen LogP) is 5.78. The van der Waals surface area contributed by atoms with Crippen molar-refractivity contribution in [2.75, 3.05) is 51.4 Å². The zero-order valence-electron chi connectivity index (χ0n) is 26.7. The van der Waals surface area contributed by atoms with Gasteiger partial charge in [0.25, 0.3) is 0 Å². The molecule has 0 unspecified atom stereocenters. The second kappa shape index (κ2) is 13.3. The number of anilines is 1. The molecule has 1 fully saturated rings. The van der Waals surface area contributed by atoms with E-state index < -0.39 is 8.32 Å². The Kier molecular flexibility index (Phi) is 9.53. The summed E-state index contributed by atoms with van der Waals surface area (Å²) < 4.78 is 19.3. The van der Waals surface area contributed by atoms with Gasteiger partial charge in [0, 0.05) is 75.3 Å². The number of pyridine rings is 3. The normalized spacial score (nSPS) is 14.5. The molecule has 0 bridgehead atoms. The van der Waals surface area contributed by atoms with Crippen molar-refractivity contribution in [2.45, 2.75) is 51.9 Å². The monoisotopic (exact) mass is 613 g/mol. The number of nitriles is 1. The Morgan fingerprint density at radius 3 is 2.41 bits per heavy atom. The van der Waals surface area contributed by atoms with Crippen molar-refractivity contribution in [1.82, 2.24) is 24.5 Å². The Balaban J connectivity index is 1.23. The average Bonchev–Trinajstić information content (AvgIpc) is 3.44. The largest absolute Gasteiger partial charge is 0.492 e. The molecule has 0 N–H and O–H groups in total. The van der Waals surface area contributed by atoms with Crippen molar-refractivity contribution in [3.63, 3.8) is 0 Å². The lowest BCUT2D eigenvalue weighted by Gasteiger charge is -2.36.